The van der Waals surface area contributed by atoms with E-state index >= 15 is 0 Å². The lowest BCUT2D eigenvalue weighted by Crippen LogP contribution is -2.30. The number of amides is 3. The summed E-state index contributed by atoms with van der Waals surface area (Å²) in [4.78, 5) is 41.0. The van der Waals surface area contributed by atoms with E-state index < -0.39 is 17.1 Å². The summed E-state index contributed by atoms with van der Waals surface area (Å²) < 4.78 is 0. The molecule has 0 bridgehead atoms. The molecule has 3 N–H and O–H groups in total. The molecule has 0 saturated carbocycles. The van der Waals surface area contributed by atoms with E-state index in [1.165, 1.54) is 17.8 Å². The minimum absolute atomic E-state index is 0.0421. The Kier molecular flexibility index (Phi) is 11.2. The summed E-state index contributed by atoms with van der Waals surface area (Å²) in [5.41, 5.74) is 4.89. The highest BCUT2D eigenvalue weighted by Crippen LogP contribution is 2.37. The van der Waals surface area contributed by atoms with Crippen LogP contribution in [0.2, 0.25) is 10.0 Å². The maximum absolute atomic E-state index is 13.6. The van der Waals surface area contributed by atoms with Crippen LogP contribution in [0.25, 0.3) is 6.08 Å². The quantitative estimate of drug-likeness (QED) is 0.101. The number of carbonyl (C=O) groups excluding carboxylic acids is 3. The Morgan fingerprint density at radius 3 is 2.02 bits per heavy atom. The van der Waals surface area contributed by atoms with Crippen LogP contribution in [0.1, 0.15) is 37.9 Å². The highest BCUT2D eigenvalue weighted by atomic mass is 35.5. The first-order valence-corrected chi connectivity index (χ1v) is 16.3. The fraction of sp³-hybridized carbons (Fsp3) is 0.0789. The highest BCUT2D eigenvalue weighted by Gasteiger charge is 2.23. The maximum Gasteiger partial charge on any atom is 0.272 e. The van der Waals surface area contributed by atoms with Crippen LogP contribution in [0.15, 0.2) is 132 Å². The van der Waals surface area contributed by atoms with Crippen molar-refractivity contribution in [3.63, 3.8) is 0 Å². The van der Waals surface area contributed by atoms with Crippen molar-refractivity contribution in [2.24, 2.45) is 0 Å². The van der Waals surface area contributed by atoms with Crippen molar-refractivity contribution in [1.29, 1.82) is 0 Å². The minimum Gasteiger partial charge on any atom is -0.325 e. The Balaban J connectivity index is 1.35. The molecule has 0 heterocycles. The normalized spacial score (nSPS) is 11.8. The second-order valence-electron chi connectivity index (χ2n) is 10.7. The van der Waals surface area contributed by atoms with Crippen molar-refractivity contribution < 1.29 is 14.4 Å². The highest BCUT2D eigenvalue weighted by molar-refractivity contribution is 8.00. The largest absolute Gasteiger partial charge is 0.325 e. The van der Waals surface area contributed by atoms with Gasteiger partial charge in [0, 0.05) is 37.4 Å². The van der Waals surface area contributed by atoms with Crippen LogP contribution in [0.5, 0.6) is 0 Å². The van der Waals surface area contributed by atoms with E-state index in [9.17, 15) is 14.4 Å². The van der Waals surface area contributed by atoms with Gasteiger partial charge in [-0.25, -0.2) is 0 Å². The number of benzene rings is 5. The van der Waals surface area contributed by atoms with E-state index in [0.717, 1.165) is 27.3 Å². The van der Waals surface area contributed by atoms with Gasteiger partial charge in [-0.05, 0) is 91.2 Å². The first kappa shape index (κ1) is 33.5. The van der Waals surface area contributed by atoms with E-state index in [0.29, 0.717) is 26.9 Å². The van der Waals surface area contributed by atoms with Gasteiger partial charge in [-0.3, -0.25) is 14.4 Å². The number of carbonyl (C=O) groups is 3. The lowest BCUT2D eigenvalue weighted by Gasteiger charge is -2.18. The predicted octanol–water partition coefficient (Wildman–Crippen LogP) is 9.49. The topological polar surface area (TPSA) is 87.3 Å². The van der Waals surface area contributed by atoms with Gasteiger partial charge in [0.05, 0.1) is 0 Å². The summed E-state index contributed by atoms with van der Waals surface area (Å²) >= 11 is 14.1. The molecule has 1 atom stereocenters. The number of thioether (sulfide) groups is 1. The van der Waals surface area contributed by atoms with Crippen molar-refractivity contribution in [1.82, 2.24) is 5.32 Å². The molecule has 0 fully saturated rings. The lowest BCUT2D eigenvalue weighted by atomic mass is 10.1. The van der Waals surface area contributed by atoms with Gasteiger partial charge in [0.15, 0.2) is 0 Å². The van der Waals surface area contributed by atoms with E-state index in [-0.39, 0.29) is 11.6 Å². The van der Waals surface area contributed by atoms with E-state index in [2.05, 4.69) is 16.0 Å². The zero-order valence-electron chi connectivity index (χ0n) is 25.6. The van der Waals surface area contributed by atoms with Crippen LogP contribution < -0.4 is 16.0 Å². The Bertz CT molecular complexity index is 1910. The van der Waals surface area contributed by atoms with E-state index in [1.807, 2.05) is 74.5 Å². The Hall–Kier alpha value is -4.82. The molecule has 6 nitrogen and oxygen atoms in total. The maximum atomic E-state index is 13.6. The number of halogens is 2. The zero-order valence-corrected chi connectivity index (χ0v) is 27.9. The van der Waals surface area contributed by atoms with Crippen LogP contribution in [0.3, 0.4) is 0 Å². The van der Waals surface area contributed by atoms with Crippen molar-refractivity contribution >= 4 is 70.1 Å². The molecule has 5 aromatic rings. The molecule has 1 unspecified atom stereocenters. The van der Waals surface area contributed by atoms with Crippen LogP contribution in [0.4, 0.5) is 11.4 Å². The van der Waals surface area contributed by atoms with Gasteiger partial charge >= 0.3 is 0 Å². The molecular formula is C38H31Cl2N3O3S. The van der Waals surface area contributed by atoms with Crippen molar-refractivity contribution in [2.45, 2.75) is 24.0 Å². The van der Waals surface area contributed by atoms with Gasteiger partial charge < -0.3 is 16.0 Å². The van der Waals surface area contributed by atoms with Crippen LogP contribution in [-0.4, -0.2) is 17.7 Å². The molecule has 5 aromatic carbocycles. The minimum atomic E-state index is -0.569. The molecule has 0 aliphatic rings. The summed E-state index contributed by atoms with van der Waals surface area (Å²) in [5.74, 6) is -1.18. The lowest BCUT2D eigenvalue weighted by molar-refractivity contribution is -0.116. The van der Waals surface area contributed by atoms with Crippen molar-refractivity contribution in [2.75, 3.05) is 10.6 Å². The number of aryl methyl sites for hydroxylation is 2. The number of nitrogens with one attached hydrogen (secondary N) is 3. The molecular weight excluding hydrogens is 649 g/mol. The van der Waals surface area contributed by atoms with Crippen molar-refractivity contribution in [3.8, 4) is 0 Å². The third kappa shape index (κ3) is 8.92. The predicted molar refractivity (Wildman–Crippen MR) is 193 cm³/mol. The van der Waals surface area contributed by atoms with Crippen molar-refractivity contribution in [3.05, 3.63) is 165 Å². The summed E-state index contributed by atoms with van der Waals surface area (Å²) in [6, 6.07) is 36.2. The van der Waals surface area contributed by atoms with Crippen LogP contribution in [-0.2, 0) is 9.59 Å². The molecule has 0 aliphatic carbocycles. The molecule has 0 spiro atoms. The Labute approximate surface area is 288 Å². The van der Waals surface area contributed by atoms with E-state index in [1.54, 1.807) is 60.7 Å². The third-order valence-corrected chi connectivity index (χ3v) is 9.10. The monoisotopic (exact) mass is 679 g/mol. The Morgan fingerprint density at radius 1 is 0.723 bits per heavy atom. The van der Waals surface area contributed by atoms with Crippen LogP contribution >= 0.6 is 35.0 Å². The smallest absolute Gasteiger partial charge is 0.272 e. The molecule has 0 saturated heterocycles. The summed E-state index contributed by atoms with van der Waals surface area (Å²) in [5, 5.41) is 8.76. The first-order valence-electron chi connectivity index (χ1n) is 14.7. The van der Waals surface area contributed by atoms with Crippen LogP contribution in [0, 0.1) is 13.8 Å². The van der Waals surface area contributed by atoms with Gasteiger partial charge in [-0.1, -0.05) is 89.9 Å². The second-order valence-corrected chi connectivity index (χ2v) is 12.7. The summed E-state index contributed by atoms with van der Waals surface area (Å²) in [7, 11) is 0. The molecule has 0 aliphatic heterocycles. The molecule has 5 rings (SSSR count). The SMILES string of the molecule is Cc1ccc(C)c(NC(=O)C(Sc2ccc(NC(=O)/C(=C/c3c(Cl)cccc3Cl)NC(=O)c3ccccc3)cc2)c2ccccc2)c1. The summed E-state index contributed by atoms with van der Waals surface area (Å²) in [6.07, 6.45) is 1.45. The average Bonchev–Trinajstić information content (AvgIpc) is 3.07. The fourth-order valence-electron chi connectivity index (χ4n) is 4.66. The molecule has 47 heavy (non-hydrogen) atoms. The molecule has 9 heteroatoms. The zero-order chi connectivity index (χ0) is 33.3. The summed E-state index contributed by atoms with van der Waals surface area (Å²) in [6.45, 7) is 3.95. The molecule has 3 amide bonds. The van der Waals surface area contributed by atoms with Gasteiger partial charge in [-0.2, -0.15) is 0 Å². The molecule has 0 aromatic heterocycles. The van der Waals surface area contributed by atoms with Gasteiger partial charge in [-0.15, -0.1) is 11.8 Å². The first-order chi connectivity index (χ1) is 22.7. The number of rotatable bonds is 10. The number of anilines is 2. The van der Waals surface area contributed by atoms with E-state index in [4.69, 9.17) is 23.2 Å². The van der Waals surface area contributed by atoms with Gasteiger partial charge in [0.2, 0.25) is 5.91 Å². The van der Waals surface area contributed by atoms with Gasteiger partial charge in [0.1, 0.15) is 10.9 Å². The molecule has 236 valence electrons. The fourth-order valence-corrected chi connectivity index (χ4v) is 6.19. The standard InChI is InChI=1S/C38H31Cl2N3O3S/c1-24-16-17-25(2)33(22-24)42-38(46)35(26-10-5-3-6-11-26)47-29-20-18-28(19-21-29)41-37(45)34(23-30-31(39)14-9-15-32(30)40)43-36(44)27-12-7-4-8-13-27/h3-23,35H,1-2H3,(H,41,45)(H,42,46)(H,43,44)/b34-23-. The Morgan fingerprint density at radius 2 is 1.36 bits per heavy atom. The van der Waals surface area contributed by atoms with Gasteiger partial charge in [0.25, 0.3) is 11.8 Å². The number of hydrogen-bond acceptors (Lipinski definition) is 4. The molecule has 0 radical (unpaired) electrons. The average molecular weight is 681 g/mol. The third-order valence-electron chi connectivity index (χ3n) is 7.17. The second kappa shape index (κ2) is 15.6. The number of hydrogen-bond donors (Lipinski definition) is 3.